The number of carboxylic acids is 2. The predicted molar refractivity (Wildman–Crippen MR) is 178 cm³/mol. The number of aliphatic hydroxyl groups excluding tert-OH is 2. The Balaban J connectivity index is -0.000000727. The molecular weight excluding hydrogens is 553 g/mol. The molecule has 0 saturated carbocycles. The maximum atomic E-state index is 10.2. The molecule has 0 radical (unpaired) electrons. The number of carbonyl (C=O) groups excluding carboxylic acids is 2. The summed E-state index contributed by atoms with van der Waals surface area (Å²) in [6.07, 6.45) is 31.7. The van der Waals surface area contributed by atoms with E-state index in [0.29, 0.717) is 0 Å². The van der Waals surface area contributed by atoms with E-state index < -0.39 is 11.9 Å². The van der Waals surface area contributed by atoms with E-state index in [1.54, 1.807) is 0 Å². The summed E-state index contributed by atoms with van der Waals surface area (Å²) in [6.45, 7) is 4.47. The number of aliphatic carboxylic acids is 2. The molecule has 252 valence electrons. The molecule has 43 heavy (non-hydrogen) atoms. The summed E-state index contributed by atoms with van der Waals surface area (Å²) in [5.74, 6) is -1.89. The van der Waals surface area contributed by atoms with Gasteiger partial charge in [0.15, 0.2) is 0 Å². The smallest absolute Gasteiger partial charge is 0.550 e. The minimum absolute atomic E-state index is 0. The van der Waals surface area contributed by atoms with E-state index in [2.05, 4.69) is 13.8 Å². The molecule has 7 heteroatoms. The van der Waals surface area contributed by atoms with Gasteiger partial charge in [0, 0.05) is 11.9 Å². The Labute approximate surface area is 282 Å². The van der Waals surface area contributed by atoms with Crippen molar-refractivity contribution in [3.63, 3.8) is 0 Å². The molecule has 0 aliphatic carbocycles. The van der Waals surface area contributed by atoms with Crippen molar-refractivity contribution in [2.45, 2.75) is 219 Å². The van der Waals surface area contributed by atoms with Crippen LogP contribution in [0.5, 0.6) is 0 Å². The van der Waals surface area contributed by atoms with Crippen LogP contribution in [0.15, 0.2) is 0 Å². The zero-order valence-corrected chi connectivity index (χ0v) is 30.0. The van der Waals surface area contributed by atoms with Gasteiger partial charge in [-0.25, -0.2) is 0 Å². The Bertz CT molecular complexity index is 512. The van der Waals surface area contributed by atoms with Crippen LogP contribution in [0.4, 0.5) is 0 Å². The van der Waals surface area contributed by atoms with Gasteiger partial charge in [0.1, 0.15) is 0 Å². The van der Waals surface area contributed by atoms with Gasteiger partial charge >= 0.3 is 23.1 Å². The Morgan fingerprint density at radius 3 is 0.860 bits per heavy atom. The van der Waals surface area contributed by atoms with E-state index in [1.165, 1.54) is 77.0 Å². The summed E-state index contributed by atoms with van der Waals surface area (Å²) >= 11 is 0. The van der Waals surface area contributed by atoms with E-state index >= 15 is 0 Å². The second kappa shape index (κ2) is 39.7. The summed E-state index contributed by atoms with van der Waals surface area (Å²) in [5.41, 5.74) is 0. The molecule has 0 heterocycles. The van der Waals surface area contributed by atoms with Crippen LogP contribution < -0.4 is 10.2 Å². The first-order valence-corrected chi connectivity index (χ1v) is 18.1. The minimum Gasteiger partial charge on any atom is -0.550 e. The summed E-state index contributed by atoms with van der Waals surface area (Å²) in [6, 6.07) is 0. The van der Waals surface area contributed by atoms with Crippen molar-refractivity contribution in [3.05, 3.63) is 0 Å². The number of hydrogen-bond donors (Lipinski definition) is 2. The fraction of sp³-hybridized carbons (Fsp3) is 0.944. The van der Waals surface area contributed by atoms with Crippen LogP contribution in [0.25, 0.3) is 0 Å². The molecule has 0 aromatic heterocycles. The third-order valence-electron chi connectivity index (χ3n) is 8.12. The first kappa shape index (κ1) is 47.0. The summed E-state index contributed by atoms with van der Waals surface area (Å²) in [4.78, 5) is 20.5. The van der Waals surface area contributed by atoms with Crippen LogP contribution in [-0.4, -0.2) is 57.4 Å². The Morgan fingerprint density at radius 1 is 0.419 bits per heavy atom. The number of hydrogen-bond acceptors (Lipinski definition) is 6. The van der Waals surface area contributed by atoms with Crippen LogP contribution in [-0.2, 0) is 9.59 Å². The van der Waals surface area contributed by atoms with Crippen LogP contribution in [0.3, 0.4) is 0 Å². The second-order valence-electron chi connectivity index (χ2n) is 12.5. The van der Waals surface area contributed by atoms with Crippen molar-refractivity contribution in [2.24, 2.45) is 0 Å². The molecular formula is C36H70MgO6. The molecule has 0 fully saturated rings. The molecule has 0 amide bonds. The molecule has 0 aromatic rings. The van der Waals surface area contributed by atoms with Gasteiger partial charge in [0.05, 0.1) is 12.2 Å². The van der Waals surface area contributed by atoms with E-state index in [4.69, 9.17) is 0 Å². The summed E-state index contributed by atoms with van der Waals surface area (Å²) < 4.78 is 0. The predicted octanol–water partition coefficient (Wildman–Crippen LogP) is 7.56. The quantitative estimate of drug-likeness (QED) is 0.0590. The Hall–Kier alpha value is -0.374. The monoisotopic (exact) mass is 623 g/mol. The number of rotatable bonds is 32. The van der Waals surface area contributed by atoms with Crippen molar-refractivity contribution in [2.75, 3.05) is 0 Å². The van der Waals surface area contributed by atoms with Crippen LogP contribution in [0.2, 0.25) is 0 Å². The SMILES string of the molecule is CCCCCCCCCC(O)CCCCCCCC(=O)[O-].CCCCCCCCCC(O)CCCCCCCC(=O)[O-].[Mg+2]. The van der Waals surface area contributed by atoms with Crippen LogP contribution in [0.1, 0.15) is 206 Å². The number of unbranched alkanes of at least 4 members (excludes halogenated alkanes) is 20. The van der Waals surface area contributed by atoms with Gasteiger partial charge in [-0.15, -0.1) is 0 Å². The number of carboxylic acid groups (broad SMARTS) is 2. The van der Waals surface area contributed by atoms with Gasteiger partial charge in [-0.1, -0.05) is 155 Å². The van der Waals surface area contributed by atoms with Crippen molar-refractivity contribution in [3.8, 4) is 0 Å². The van der Waals surface area contributed by atoms with Crippen LogP contribution in [0, 0.1) is 0 Å². The van der Waals surface area contributed by atoms with E-state index in [1.807, 2.05) is 0 Å². The third kappa shape index (κ3) is 46.2. The zero-order chi connectivity index (χ0) is 31.5. The topological polar surface area (TPSA) is 121 Å². The molecule has 2 N–H and O–H groups in total. The molecule has 2 atom stereocenters. The van der Waals surface area contributed by atoms with Gasteiger partial charge in [-0.2, -0.15) is 0 Å². The third-order valence-corrected chi connectivity index (χ3v) is 8.12. The zero-order valence-electron chi connectivity index (χ0n) is 28.6. The fourth-order valence-electron chi connectivity index (χ4n) is 5.32. The fourth-order valence-corrected chi connectivity index (χ4v) is 5.32. The van der Waals surface area contributed by atoms with E-state index in [9.17, 15) is 30.0 Å². The molecule has 6 nitrogen and oxygen atoms in total. The average Bonchev–Trinajstić information content (AvgIpc) is 2.95. The van der Waals surface area contributed by atoms with Gasteiger partial charge in [0.25, 0.3) is 0 Å². The van der Waals surface area contributed by atoms with Gasteiger partial charge in [0.2, 0.25) is 0 Å². The van der Waals surface area contributed by atoms with Crippen molar-refractivity contribution >= 4 is 35.0 Å². The van der Waals surface area contributed by atoms with Gasteiger partial charge in [-0.3, -0.25) is 0 Å². The van der Waals surface area contributed by atoms with Crippen molar-refractivity contribution in [1.29, 1.82) is 0 Å². The van der Waals surface area contributed by atoms with Crippen molar-refractivity contribution < 1.29 is 30.0 Å². The summed E-state index contributed by atoms with van der Waals surface area (Å²) in [7, 11) is 0. The first-order valence-electron chi connectivity index (χ1n) is 18.1. The Morgan fingerprint density at radius 2 is 0.628 bits per heavy atom. The first-order chi connectivity index (χ1) is 20.3. The summed E-state index contributed by atoms with van der Waals surface area (Å²) in [5, 5.41) is 40.2. The van der Waals surface area contributed by atoms with Crippen molar-refractivity contribution in [1.82, 2.24) is 0 Å². The molecule has 0 saturated heterocycles. The van der Waals surface area contributed by atoms with Gasteiger partial charge in [-0.05, 0) is 51.4 Å². The average molecular weight is 623 g/mol. The van der Waals surface area contributed by atoms with E-state index in [-0.39, 0.29) is 48.1 Å². The molecule has 0 bridgehead atoms. The molecule has 0 aliphatic heterocycles. The Kier molecular flexibility index (Phi) is 43.4. The molecule has 0 spiro atoms. The van der Waals surface area contributed by atoms with E-state index in [0.717, 1.165) is 103 Å². The number of aliphatic hydroxyl groups is 2. The standard InChI is InChI=1S/2C18H36O3.Mg/c2*1-2-3-4-5-6-8-11-14-17(19)15-12-9-7-10-13-16-18(20)21;/h2*17,19H,2-16H2,1H3,(H,20,21);/q;;+2/p-2. The molecule has 0 aromatic carbocycles. The molecule has 0 rings (SSSR count). The maximum Gasteiger partial charge on any atom is 2.00 e. The molecule has 0 aliphatic rings. The van der Waals surface area contributed by atoms with Crippen LogP contribution >= 0.6 is 0 Å². The van der Waals surface area contributed by atoms with Gasteiger partial charge < -0.3 is 30.0 Å². The minimum atomic E-state index is -0.944. The number of carbonyl (C=O) groups is 2. The largest absolute Gasteiger partial charge is 2.00 e. The normalized spacial score (nSPS) is 12.2. The maximum absolute atomic E-state index is 10.2. The second-order valence-corrected chi connectivity index (χ2v) is 12.5. The molecule has 2 unspecified atom stereocenters.